The lowest BCUT2D eigenvalue weighted by Crippen LogP contribution is -2.36. The Bertz CT molecular complexity index is 1120. The van der Waals surface area contributed by atoms with Gasteiger partial charge in [-0.2, -0.15) is 18.3 Å². The molecule has 9 nitrogen and oxygen atoms in total. The fraction of sp³-hybridized carbons (Fsp3) is 0.381. The van der Waals surface area contributed by atoms with Crippen LogP contribution in [-0.4, -0.2) is 71.3 Å². The van der Waals surface area contributed by atoms with Crippen LogP contribution in [0, 0.1) is 0 Å². The molecule has 0 radical (unpaired) electrons. The predicted molar refractivity (Wildman–Crippen MR) is 113 cm³/mol. The van der Waals surface area contributed by atoms with Gasteiger partial charge in [0.1, 0.15) is 17.4 Å². The van der Waals surface area contributed by atoms with E-state index in [1.807, 2.05) is 12.1 Å². The zero-order chi connectivity index (χ0) is 23.4. The fourth-order valence-corrected chi connectivity index (χ4v) is 3.79. The summed E-state index contributed by atoms with van der Waals surface area (Å²) in [4.78, 5) is 19.5. The zero-order valence-corrected chi connectivity index (χ0v) is 17.5. The fourth-order valence-electron chi connectivity index (χ4n) is 3.79. The van der Waals surface area contributed by atoms with Crippen molar-refractivity contribution in [1.29, 1.82) is 0 Å². The number of ether oxygens (including phenoxy) is 2. The van der Waals surface area contributed by atoms with Crippen LogP contribution in [0.25, 0.3) is 5.65 Å². The van der Waals surface area contributed by atoms with E-state index in [0.717, 1.165) is 30.1 Å². The van der Waals surface area contributed by atoms with E-state index >= 15 is 0 Å². The highest BCUT2D eigenvalue weighted by atomic mass is 19.4. The number of fused-ring (bicyclic) bond motifs is 2. The Morgan fingerprint density at radius 1 is 1.27 bits per heavy atom. The number of carbonyl (C=O) groups excluding carboxylic acids is 1. The summed E-state index contributed by atoms with van der Waals surface area (Å²) < 4.78 is 41.9. The molecule has 12 heteroatoms. The third-order valence-corrected chi connectivity index (χ3v) is 5.25. The molecular weight excluding hydrogens is 443 g/mol. The average molecular weight is 465 g/mol. The van der Waals surface area contributed by atoms with Crippen molar-refractivity contribution in [3.63, 3.8) is 0 Å². The van der Waals surface area contributed by atoms with Gasteiger partial charge in [0.15, 0.2) is 5.65 Å². The molecule has 2 aliphatic rings. The summed E-state index contributed by atoms with van der Waals surface area (Å²) in [6.07, 6.45) is 5.26. The number of halogens is 3. The Morgan fingerprint density at radius 2 is 2.03 bits per heavy atom. The highest BCUT2D eigenvalue weighted by molar-refractivity contribution is 6.09. The number of rotatable bonds is 4. The number of hydrogen-bond acceptors (Lipinski definition) is 7. The molecule has 0 saturated carbocycles. The molecule has 2 N–H and O–H groups in total. The summed E-state index contributed by atoms with van der Waals surface area (Å²) in [5.41, 5.74) is 3.46. The van der Waals surface area contributed by atoms with E-state index in [1.54, 1.807) is 23.0 Å². The number of nitrogens with one attached hydrogen (secondary N) is 1. The van der Waals surface area contributed by atoms with Crippen molar-refractivity contribution in [3.05, 3.63) is 47.9 Å². The average Bonchev–Trinajstić information content (AvgIpc) is 3.42. The predicted octanol–water partition coefficient (Wildman–Crippen LogP) is 2.29. The molecule has 2 aliphatic heterocycles. The second-order valence-corrected chi connectivity index (χ2v) is 7.35. The minimum atomic E-state index is -3.67. The Kier molecular flexibility index (Phi) is 6.94. The number of benzene rings is 1. The number of aromatic nitrogens is 3. The van der Waals surface area contributed by atoms with Crippen molar-refractivity contribution in [2.45, 2.75) is 19.2 Å². The summed E-state index contributed by atoms with van der Waals surface area (Å²) in [5, 5.41) is 16.7. The Hall–Kier alpha value is -3.38. The van der Waals surface area contributed by atoms with Crippen molar-refractivity contribution < 1.29 is 32.5 Å². The first-order chi connectivity index (χ1) is 16.0. The standard InChI is InChI=1S/C20H21N5O4.CHF3/c26-12-14-8-13-9-16(17(10-18(13)29-14)24-4-6-28-7-5-24)23-20(27)15-11-22-25-3-1-2-21-19(15)25;2-1(3)4/h1-3,9-11,14,26H,4-8,12H2,(H,23,27);1H. The van der Waals surface area contributed by atoms with Crippen molar-refractivity contribution >= 4 is 22.9 Å². The zero-order valence-electron chi connectivity index (χ0n) is 17.5. The van der Waals surface area contributed by atoms with Gasteiger partial charge in [-0.15, -0.1) is 0 Å². The van der Waals surface area contributed by atoms with Gasteiger partial charge in [0, 0.05) is 43.5 Å². The number of nitrogens with zero attached hydrogens (tertiary/aromatic N) is 4. The Morgan fingerprint density at radius 3 is 2.76 bits per heavy atom. The van der Waals surface area contributed by atoms with E-state index in [0.29, 0.717) is 36.5 Å². The molecule has 1 amide bonds. The van der Waals surface area contributed by atoms with Gasteiger partial charge >= 0.3 is 6.68 Å². The molecule has 1 aromatic carbocycles. The van der Waals surface area contributed by atoms with Gasteiger partial charge in [-0.3, -0.25) is 4.79 Å². The van der Waals surface area contributed by atoms with Gasteiger partial charge in [-0.05, 0) is 12.1 Å². The SMILES string of the molecule is FC(F)F.O=C(Nc1cc2c(cc1N1CCOCC1)OC(CO)C2)c1cnn2cccnc12. The van der Waals surface area contributed by atoms with E-state index < -0.39 is 6.68 Å². The first kappa shape index (κ1) is 22.8. The van der Waals surface area contributed by atoms with E-state index in [9.17, 15) is 23.1 Å². The van der Waals surface area contributed by atoms with Gasteiger partial charge in [-0.1, -0.05) is 0 Å². The summed E-state index contributed by atoms with van der Waals surface area (Å²) in [6.45, 7) is -1.00. The number of aliphatic hydroxyl groups excluding tert-OH is 1. The molecule has 5 rings (SSSR count). The molecule has 4 heterocycles. The smallest absolute Gasteiger partial charge is 0.379 e. The number of hydrogen-bond donors (Lipinski definition) is 2. The second kappa shape index (κ2) is 10.0. The van der Waals surface area contributed by atoms with Crippen LogP contribution in [0.1, 0.15) is 15.9 Å². The molecule has 2 aromatic heterocycles. The second-order valence-electron chi connectivity index (χ2n) is 7.35. The molecule has 0 spiro atoms. The third kappa shape index (κ3) is 5.17. The minimum Gasteiger partial charge on any atom is -0.487 e. The molecule has 176 valence electrons. The molecule has 1 atom stereocenters. The van der Waals surface area contributed by atoms with Crippen LogP contribution >= 0.6 is 0 Å². The van der Waals surface area contributed by atoms with Crippen LogP contribution in [-0.2, 0) is 11.2 Å². The molecule has 0 aliphatic carbocycles. The molecule has 1 saturated heterocycles. The maximum Gasteiger partial charge on any atom is 0.379 e. The minimum absolute atomic E-state index is 0.0443. The largest absolute Gasteiger partial charge is 0.487 e. The lowest BCUT2D eigenvalue weighted by molar-refractivity contribution is 0.00818. The third-order valence-electron chi connectivity index (χ3n) is 5.25. The van der Waals surface area contributed by atoms with E-state index in [2.05, 4.69) is 20.3 Å². The van der Waals surface area contributed by atoms with Crippen LogP contribution in [0.2, 0.25) is 0 Å². The molecule has 33 heavy (non-hydrogen) atoms. The van der Waals surface area contributed by atoms with Crippen molar-refractivity contribution in [1.82, 2.24) is 14.6 Å². The van der Waals surface area contributed by atoms with Crippen molar-refractivity contribution in [2.75, 3.05) is 43.1 Å². The van der Waals surface area contributed by atoms with Crippen LogP contribution in [0.5, 0.6) is 5.75 Å². The lowest BCUT2D eigenvalue weighted by atomic mass is 10.1. The summed E-state index contributed by atoms with van der Waals surface area (Å²) >= 11 is 0. The van der Waals surface area contributed by atoms with Gasteiger partial charge in [0.05, 0.1) is 37.4 Å². The normalized spacial score (nSPS) is 17.4. The molecule has 0 bridgehead atoms. The lowest BCUT2D eigenvalue weighted by Gasteiger charge is -2.31. The van der Waals surface area contributed by atoms with Crippen LogP contribution in [0.15, 0.2) is 36.8 Å². The van der Waals surface area contributed by atoms with Gasteiger partial charge < -0.3 is 24.8 Å². The summed E-state index contributed by atoms with van der Waals surface area (Å²) in [6, 6.07) is 5.64. The van der Waals surface area contributed by atoms with Crippen LogP contribution in [0.3, 0.4) is 0 Å². The molecule has 1 unspecified atom stereocenters. The Balaban J connectivity index is 0.000000601. The van der Waals surface area contributed by atoms with Crippen molar-refractivity contribution in [3.8, 4) is 5.75 Å². The van der Waals surface area contributed by atoms with E-state index in [-0.39, 0.29) is 18.6 Å². The molecule has 1 fully saturated rings. The Labute approximate surface area is 186 Å². The maximum atomic E-state index is 13.0. The monoisotopic (exact) mass is 465 g/mol. The number of alkyl halides is 3. The highest BCUT2D eigenvalue weighted by Gasteiger charge is 2.27. The van der Waals surface area contributed by atoms with Crippen LogP contribution < -0.4 is 15.0 Å². The number of aliphatic hydroxyl groups is 1. The first-order valence-corrected chi connectivity index (χ1v) is 10.3. The van der Waals surface area contributed by atoms with Crippen LogP contribution in [0.4, 0.5) is 24.5 Å². The molecule has 3 aromatic rings. The van der Waals surface area contributed by atoms with Gasteiger partial charge in [-0.25, -0.2) is 9.50 Å². The van der Waals surface area contributed by atoms with E-state index in [1.165, 1.54) is 6.20 Å². The number of carbonyl (C=O) groups is 1. The highest BCUT2D eigenvalue weighted by Crippen LogP contribution is 2.39. The first-order valence-electron chi connectivity index (χ1n) is 10.3. The summed E-state index contributed by atoms with van der Waals surface area (Å²) in [5.74, 6) is 0.479. The number of morpholine rings is 1. The summed E-state index contributed by atoms with van der Waals surface area (Å²) in [7, 11) is 0. The number of amides is 1. The quantitative estimate of drug-likeness (QED) is 0.610. The van der Waals surface area contributed by atoms with Gasteiger partial charge in [0.25, 0.3) is 5.91 Å². The molecular formula is C21H22F3N5O4. The van der Waals surface area contributed by atoms with E-state index in [4.69, 9.17) is 9.47 Å². The topological polar surface area (TPSA) is 101 Å². The van der Waals surface area contributed by atoms with Gasteiger partial charge in [0.2, 0.25) is 0 Å². The maximum absolute atomic E-state index is 13.0. The number of anilines is 2. The van der Waals surface area contributed by atoms with Crippen molar-refractivity contribution in [2.24, 2.45) is 0 Å².